The molecule has 3 nitrogen and oxygen atoms in total. The highest BCUT2D eigenvalue weighted by Crippen LogP contribution is 2.33. The molecule has 1 fully saturated rings. The number of hydrogen-bond acceptors (Lipinski definition) is 5. The highest BCUT2D eigenvalue weighted by Gasteiger charge is 2.16. The van der Waals surface area contributed by atoms with Gasteiger partial charge in [0.25, 0.3) is 0 Å². The van der Waals surface area contributed by atoms with Gasteiger partial charge in [0.15, 0.2) is 0 Å². The molecular formula is C11H13N3S2. The first kappa shape index (κ1) is 10.5. The molecule has 0 unspecified atom stereocenters. The van der Waals surface area contributed by atoms with Crippen molar-refractivity contribution in [1.29, 1.82) is 0 Å². The van der Waals surface area contributed by atoms with Crippen molar-refractivity contribution in [3.63, 3.8) is 0 Å². The number of piperidine rings is 1. The summed E-state index contributed by atoms with van der Waals surface area (Å²) in [5, 5.41) is 8.56. The Morgan fingerprint density at radius 1 is 1.31 bits per heavy atom. The smallest absolute Gasteiger partial charge is 0.127 e. The summed E-state index contributed by atoms with van der Waals surface area (Å²) < 4.78 is 0. The molecule has 1 saturated heterocycles. The molecule has 0 bridgehead atoms. The molecule has 2 aromatic heterocycles. The first-order valence-corrected chi connectivity index (χ1v) is 7.25. The zero-order valence-electron chi connectivity index (χ0n) is 8.85. The Bertz CT molecular complexity index is 477. The monoisotopic (exact) mass is 251 g/mol. The van der Waals surface area contributed by atoms with Gasteiger partial charge in [-0.3, -0.25) is 0 Å². The maximum Gasteiger partial charge on any atom is 0.127 e. The summed E-state index contributed by atoms with van der Waals surface area (Å²) in [6.07, 6.45) is 4.16. The fourth-order valence-electron chi connectivity index (χ4n) is 1.93. The molecule has 3 heterocycles. The largest absolute Gasteiger partial charge is 0.317 e. The Balaban J connectivity index is 1.85. The van der Waals surface area contributed by atoms with Gasteiger partial charge >= 0.3 is 0 Å². The van der Waals surface area contributed by atoms with Gasteiger partial charge in [-0.1, -0.05) is 0 Å². The SMILES string of the molecule is c1nc(SC2CCNCC2)c2ccsc2n1. The molecule has 1 N–H and O–H groups in total. The number of fused-ring (bicyclic) bond motifs is 1. The van der Waals surface area contributed by atoms with Crippen LogP contribution in [0.25, 0.3) is 10.2 Å². The summed E-state index contributed by atoms with van der Waals surface area (Å²) in [5.74, 6) is 0. The summed E-state index contributed by atoms with van der Waals surface area (Å²) in [5.41, 5.74) is 0. The quantitative estimate of drug-likeness (QED) is 0.832. The van der Waals surface area contributed by atoms with Gasteiger partial charge in [0.1, 0.15) is 16.2 Å². The molecule has 3 rings (SSSR count). The van der Waals surface area contributed by atoms with Crippen molar-refractivity contribution >= 4 is 33.3 Å². The number of nitrogens with one attached hydrogen (secondary N) is 1. The molecule has 0 spiro atoms. The lowest BCUT2D eigenvalue weighted by Gasteiger charge is -2.21. The summed E-state index contributed by atoms with van der Waals surface area (Å²) in [4.78, 5) is 9.79. The third kappa shape index (κ3) is 2.07. The average molecular weight is 251 g/mol. The number of aromatic nitrogens is 2. The molecule has 0 aliphatic carbocycles. The minimum atomic E-state index is 0.708. The first-order chi connectivity index (χ1) is 7.93. The van der Waals surface area contributed by atoms with E-state index in [1.807, 2.05) is 11.8 Å². The van der Waals surface area contributed by atoms with E-state index < -0.39 is 0 Å². The van der Waals surface area contributed by atoms with Crippen molar-refractivity contribution in [3.8, 4) is 0 Å². The third-order valence-electron chi connectivity index (χ3n) is 2.79. The van der Waals surface area contributed by atoms with Crippen LogP contribution in [0.4, 0.5) is 0 Å². The second-order valence-corrected chi connectivity index (χ2v) is 6.07. The molecule has 1 aliphatic heterocycles. The highest BCUT2D eigenvalue weighted by molar-refractivity contribution is 8.00. The van der Waals surface area contributed by atoms with Crippen molar-refractivity contribution in [2.75, 3.05) is 13.1 Å². The van der Waals surface area contributed by atoms with Crippen molar-refractivity contribution in [3.05, 3.63) is 17.8 Å². The molecule has 2 aromatic rings. The van der Waals surface area contributed by atoms with Gasteiger partial charge in [-0.15, -0.1) is 23.1 Å². The summed E-state index contributed by atoms with van der Waals surface area (Å²) in [7, 11) is 0. The molecular weight excluding hydrogens is 238 g/mol. The Morgan fingerprint density at radius 2 is 2.19 bits per heavy atom. The zero-order chi connectivity index (χ0) is 10.8. The van der Waals surface area contributed by atoms with Crippen LogP contribution in [0.1, 0.15) is 12.8 Å². The van der Waals surface area contributed by atoms with Gasteiger partial charge in [0.2, 0.25) is 0 Å². The van der Waals surface area contributed by atoms with E-state index in [9.17, 15) is 0 Å². The second-order valence-electron chi connectivity index (χ2n) is 3.89. The van der Waals surface area contributed by atoms with Gasteiger partial charge in [-0.2, -0.15) is 0 Å². The fraction of sp³-hybridized carbons (Fsp3) is 0.455. The number of thioether (sulfide) groups is 1. The minimum Gasteiger partial charge on any atom is -0.317 e. The highest BCUT2D eigenvalue weighted by atomic mass is 32.2. The van der Waals surface area contributed by atoms with Crippen LogP contribution in [-0.2, 0) is 0 Å². The molecule has 0 atom stereocenters. The van der Waals surface area contributed by atoms with Crippen molar-refractivity contribution in [2.24, 2.45) is 0 Å². The van der Waals surface area contributed by atoms with E-state index in [0.29, 0.717) is 5.25 Å². The predicted octanol–water partition coefficient (Wildman–Crippen LogP) is 2.54. The average Bonchev–Trinajstić information content (AvgIpc) is 2.80. The Morgan fingerprint density at radius 3 is 3.06 bits per heavy atom. The van der Waals surface area contributed by atoms with E-state index >= 15 is 0 Å². The molecule has 0 radical (unpaired) electrons. The predicted molar refractivity (Wildman–Crippen MR) is 69.2 cm³/mol. The van der Waals surface area contributed by atoms with Crippen LogP contribution in [0.5, 0.6) is 0 Å². The Labute approximate surface area is 103 Å². The van der Waals surface area contributed by atoms with Crippen LogP contribution in [-0.4, -0.2) is 28.3 Å². The lowest BCUT2D eigenvalue weighted by atomic mass is 10.2. The Hall–Kier alpha value is -0.650. The van der Waals surface area contributed by atoms with E-state index in [-0.39, 0.29) is 0 Å². The van der Waals surface area contributed by atoms with Gasteiger partial charge < -0.3 is 5.32 Å². The van der Waals surface area contributed by atoms with E-state index in [1.54, 1.807) is 17.7 Å². The molecule has 84 valence electrons. The van der Waals surface area contributed by atoms with Crippen LogP contribution < -0.4 is 5.32 Å². The minimum absolute atomic E-state index is 0.708. The molecule has 0 aromatic carbocycles. The number of hydrogen-bond donors (Lipinski definition) is 1. The molecule has 5 heteroatoms. The van der Waals surface area contributed by atoms with Crippen LogP contribution >= 0.6 is 23.1 Å². The van der Waals surface area contributed by atoms with Crippen molar-refractivity contribution in [2.45, 2.75) is 23.1 Å². The van der Waals surface area contributed by atoms with Gasteiger partial charge in [0, 0.05) is 10.6 Å². The van der Waals surface area contributed by atoms with E-state index in [4.69, 9.17) is 0 Å². The Kier molecular flexibility index (Phi) is 3.08. The lowest BCUT2D eigenvalue weighted by molar-refractivity contribution is 0.531. The topological polar surface area (TPSA) is 37.8 Å². The van der Waals surface area contributed by atoms with Gasteiger partial charge in [-0.25, -0.2) is 9.97 Å². The number of rotatable bonds is 2. The van der Waals surface area contributed by atoms with Crippen LogP contribution in [0.2, 0.25) is 0 Å². The molecule has 0 saturated carbocycles. The normalized spacial score (nSPS) is 18.0. The number of thiophene rings is 1. The van der Waals surface area contributed by atoms with Crippen molar-refractivity contribution in [1.82, 2.24) is 15.3 Å². The maximum absolute atomic E-state index is 4.41. The fourth-order valence-corrected chi connectivity index (χ4v) is 3.92. The van der Waals surface area contributed by atoms with Crippen LogP contribution in [0.3, 0.4) is 0 Å². The third-order valence-corrected chi connectivity index (χ3v) is 4.96. The van der Waals surface area contributed by atoms with E-state index in [0.717, 1.165) is 22.9 Å². The lowest BCUT2D eigenvalue weighted by Crippen LogP contribution is -2.29. The van der Waals surface area contributed by atoms with Crippen LogP contribution in [0, 0.1) is 0 Å². The van der Waals surface area contributed by atoms with Gasteiger partial charge in [0.05, 0.1) is 0 Å². The van der Waals surface area contributed by atoms with Crippen molar-refractivity contribution < 1.29 is 0 Å². The zero-order valence-corrected chi connectivity index (χ0v) is 10.5. The van der Waals surface area contributed by atoms with E-state index in [2.05, 4.69) is 26.7 Å². The summed E-state index contributed by atoms with van der Waals surface area (Å²) in [6, 6.07) is 2.13. The molecule has 16 heavy (non-hydrogen) atoms. The maximum atomic E-state index is 4.41. The second kappa shape index (κ2) is 4.69. The summed E-state index contributed by atoms with van der Waals surface area (Å²) >= 11 is 3.60. The summed E-state index contributed by atoms with van der Waals surface area (Å²) in [6.45, 7) is 2.27. The standard InChI is InChI=1S/C11H13N3S2/c1-4-12-5-2-8(1)16-11-9-3-6-15-10(9)13-7-14-11/h3,6-8,12H,1-2,4-5H2. The van der Waals surface area contributed by atoms with Crippen LogP contribution in [0.15, 0.2) is 22.8 Å². The molecule has 1 aliphatic rings. The number of nitrogens with zero attached hydrogens (tertiary/aromatic N) is 2. The van der Waals surface area contributed by atoms with E-state index in [1.165, 1.54) is 18.2 Å². The van der Waals surface area contributed by atoms with Gasteiger partial charge in [-0.05, 0) is 37.4 Å². The first-order valence-electron chi connectivity index (χ1n) is 5.49. The molecule has 0 amide bonds.